The lowest BCUT2D eigenvalue weighted by Gasteiger charge is -2.15. The second kappa shape index (κ2) is 8.13. The largest absolute Gasteiger partial charge is 0.341 e. The molecule has 5 heteroatoms. The van der Waals surface area contributed by atoms with Gasteiger partial charge in [0.1, 0.15) is 5.69 Å². The molecule has 0 saturated carbocycles. The molecule has 130 valence electrons. The first kappa shape index (κ1) is 17.4. The normalized spacial score (nSPS) is 10.3. The van der Waals surface area contributed by atoms with Crippen molar-refractivity contribution < 1.29 is 4.79 Å². The van der Waals surface area contributed by atoms with Gasteiger partial charge >= 0.3 is 0 Å². The highest BCUT2D eigenvalue weighted by atomic mass is 16.2. The Morgan fingerprint density at radius 2 is 1.77 bits per heavy atom. The topological polar surface area (TPSA) is 61.9 Å². The van der Waals surface area contributed by atoms with Crippen LogP contribution in [0.3, 0.4) is 0 Å². The highest BCUT2D eigenvalue weighted by Gasteiger charge is 2.21. The number of nitrogens with zero attached hydrogens (tertiary/aromatic N) is 4. The van der Waals surface area contributed by atoms with Gasteiger partial charge in [0.05, 0.1) is 24.6 Å². The average Bonchev–Trinajstić information content (AvgIpc) is 3.10. The molecule has 26 heavy (non-hydrogen) atoms. The molecule has 0 radical (unpaired) electrons. The minimum absolute atomic E-state index is 0.126. The van der Waals surface area contributed by atoms with Gasteiger partial charge in [-0.25, -0.2) is 0 Å². The number of aromatic nitrogens is 2. The first-order valence-electron chi connectivity index (χ1n) is 8.48. The number of carbonyl (C=O) groups is 1. The van der Waals surface area contributed by atoms with Gasteiger partial charge in [-0.2, -0.15) is 10.4 Å². The van der Waals surface area contributed by atoms with E-state index >= 15 is 0 Å². The molecular formula is C21H20N4O. The van der Waals surface area contributed by atoms with Crippen LogP contribution in [0.2, 0.25) is 0 Å². The number of hydrogen-bond acceptors (Lipinski definition) is 3. The number of rotatable bonds is 6. The molecule has 0 bridgehead atoms. The SMILES string of the molecule is CN(CCC#N)C(=O)c1cn(Cc2ccccc2)nc1-c1ccccc1. The van der Waals surface area contributed by atoms with Crippen LogP contribution < -0.4 is 0 Å². The summed E-state index contributed by atoms with van der Waals surface area (Å²) >= 11 is 0. The zero-order valence-corrected chi connectivity index (χ0v) is 14.7. The van der Waals surface area contributed by atoms with E-state index in [4.69, 9.17) is 5.26 Å². The third-order valence-electron chi connectivity index (χ3n) is 4.13. The maximum Gasteiger partial charge on any atom is 0.257 e. The van der Waals surface area contributed by atoms with E-state index in [0.29, 0.717) is 30.8 Å². The van der Waals surface area contributed by atoms with Gasteiger partial charge in [-0.1, -0.05) is 60.7 Å². The van der Waals surface area contributed by atoms with Gasteiger partial charge < -0.3 is 4.90 Å². The van der Waals surface area contributed by atoms with Crippen molar-refractivity contribution in [2.45, 2.75) is 13.0 Å². The molecule has 1 heterocycles. The van der Waals surface area contributed by atoms with Gasteiger partial charge in [-0.3, -0.25) is 9.48 Å². The summed E-state index contributed by atoms with van der Waals surface area (Å²) in [4.78, 5) is 14.4. The summed E-state index contributed by atoms with van der Waals surface area (Å²) in [6.45, 7) is 0.989. The highest BCUT2D eigenvalue weighted by Crippen LogP contribution is 2.23. The Morgan fingerprint density at radius 3 is 2.42 bits per heavy atom. The van der Waals surface area contributed by atoms with Crippen LogP contribution in [-0.2, 0) is 6.54 Å². The van der Waals surface area contributed by atoms with Crippen molar-refractivity contribution in [1.29, 1.82) is 5.26 Å². The quantitative estimate of drug-likeness (QED) is 0.686. The summed E-state index contributed by atoms with van der Waals surface area (Å²) in [5.41, 5.74) is 3.23. The van der Waals surface area contributed by atoms with E-state index in [9.17, 15) is 4.79 Å². The van der Waals surface area contributed by atoms with Gasteiger partial charge in [-0.05, 0) is 5.56 Å². The first-order valence-corrected chi connectivity index (χ1v) is 8.48. The molecule has 0 aliphatic carbocycles. The van der Waals surface area contributed by atoms with E-state index in [1.54, 1.807) is 22.8 Å². The predicted molar refractivity (Wildman–Crippen MR) is 100 cm³/mol. The molecule has 3 rings (SSSR count). The minimum Gasteiger partial charge on any atom is -0.341 e. The number of nitriles is 1. The molecule has 1 amide bonds. The summed E-state index contributed by atoms with van der Waals surface area (Å²) < 4.78 is 1.79. The summed E-state index contributed by atoms with van der Waals surface area (Å²) in [5.74, 6) is -0.126. The molecule has 5 nitrogen and oxygen atoms in total. The van der Waals surface area contributed by atoms with Gasteiger partial charge in [0, 0.05) is 25.4 Å². The Hall–Kier alpha value is -3.39. The fourth-order valence-electron chi connectivity index (χ4n) is 2.76. The van der Waals surface area contributed by atoms with E-state index in [1.807, 2.05) is 60.7 Å². The smallest absolute Gasteiger partial charge is 0.257 e. The Morgan fingerprint density at radius 1 is 1.12 bits per heavy atom. The van der Waals surface area contributed by atoms with Crippen molar-refractivity contribution in [3.8, 4) is 17.3 Å². The number of hydrogen-bond donors (Lipinski definition) is 0. The lowest BCUT2D eigenvalue weighted by molar-refractivity contribution is 0.0798. The maximum atomic E-state index is 12.9. The van der Waals surface area contributed by atoms with Crippen molar-refractivity contribution in [2.24, 2.45) is 0 Å². The van der Waals surface area contributed by atoms with Crippen molar-refractivity contribution in [1.82, 2.24) is 14.7 Å². The zero-order valence-electron chi connectivity index (χ0n) is 14.7. The second-order valence-corrected chi connectivity index (χ2v) is 6.08. The predicted octanol–water partition coefficient (Wildman–Crippen LogP) is 3.58. The number of amides is 1. The van der Waals surface area contributed by atoms with E-state index in [0.717, 1.165) is 11.1 Å². The van der Waals surface area contributed by atoms with Crippen molar-refractivity contribution in [2.75, 3.05) is 13.6 Å². The third-order valence-corrected chi connectivity index (χ3v) is 4.13. The molecular weight excluding hydrogens is 324 g/mol. The van der Waals surface area contributed by atoms with Gasteiger partial charge in [-0.15, -0.1) is 0 Å². The number of benzene rings is 2. The van der Waals surface area contributed by atoms with Crippen LogP contribution in [0.25, 0.3) is 11.3 Å². The molecule has 0 spiro atoms. The lowest BCUT2D eigenvalue weighted by atomic mass is 10.1. The lowest BCUT2D eigenvalue weighted by Crippen LogP contribution is -2.27. The van der Waals surface area contributed by atoms with Crippen molar-refractivity contribution >= 4 is 5.91 Å². The second-order valence-electron chi connectivity index (χ2n) is 6.08. The van der Waals surface area contributed by atoms with Crippen LogP contribution in [0, 0.1) is 11.3 Å². The fraction of sp³-hybridized carbons (Fsp3) is 0.190. The summed E-state index contributed by atoms with van der Waals surface area (Å²) in [6, 6.07) is 21.8. The minimum atomic E-state index is -0.126. The van der Waals surface area contributed by atoms with Crippen LogP contribution in [-0.4, -0.2) is 34.2 Å². The molecule has 2 aromatic carbocycles. The molecule has 0 saturated heterocycles. The first-order chi connectivity index (χ1) is 12.7. The zero-order chi connectivity index (χ0) is 18.4. The van der Waals surface area contributed by atoms with E-state index in [2.05, 4.69) is 11.2 Å². The molecule has 0 unspecified atom stereocenters. The van der Waals surface area contributed by atoms with Crippen molar-refractivity contribution in [3.05, 3.63) is 78.0 Å². The van der Waals surface area contributed by atoms with Crippen molar-refractivity contribution in [3.63, 3.8) is 0 Å². The summed E-state index contributed by atoms with van der Waals surface area (Å²) in [5, 5.41) is 13.4. The van der Waals surface area contributed by atoms with Gasteiger partial charge in [0.2, 0.25) is 0 Å². The Kier molecular flexibility index (Phi) is 5.45. The molecule has 1 aromatic heterocycles. The molecule has 0 atom stereocenters. The van der Waals surface area contributed by atoms with Crippen LogP contribution in [0.5, 0.6) is 0 Å². The van der Waals surface area contributed by atoms with Gasteiger partial charge in [0.15, 0.2) is 0 Å². The molecule has 0 N–H and O–H groups in total. The van der Waals surface area contributed by atoms with Crippen LogP contribution in [0.1, 0.15) is 22.3 Å². The third kappa shape index (κ3) is 3.98. The van der Waals surface area contributed by atoms with Gasteiger partial charge in [0.25, 0.3) is 5.91 Å². The molecule has 0 aliphatic rings. The van der Waals surface area contributed by atoms with E-state index in [1.165, 1.54) is 0 Å². The molecule has 0 fully saturated rings. The van der Waals surface area contributed by atoms with E-state index in [-0.39, 0.29) is 5.91 Å². The Labute approximate surface area is 153 Å². The van der Waals surface area contributed by atoms with Crippen LogP contribution in [0.4, 0.5) is 0 Å². The molecule has 0 aliphatic heterocycles. The maximum absolute atomic E-state index is 12.9. The summed E-state index contributed by atoms with van der Waals surface area (Å²) in [6.07, 6.45) is 2.10. The fourth-order valence-corrected chi connectivity index (χ4v) is 2.76. The standard InChI is InChI=1S/C21H20N4O/c1-24(14-8-13-22)21(26)19-16-25(15-17-9-4-2-5-10-17)23-20(19)18-11-6-3-7-12-18/h2-7,9-12,16H,8,14-15H2,1H3. The average molecular weight is 344 g/mol. The highest BCUT2D eigenvalue weighted by molar-refractivity contribution is 5.99. The Balaban J connectivity index is 1.96. The number of carbonyl (C=O) groups excluding carboxylic acids is 1. The summed E-state index contributed by atoms with van der Waals surface area (Å²) in [7, 11) is 1.71. The molecule has 3 aromatic rings. The Bertz CT molecular complexity index is 910. The van der Waals surface area contributed by atoms with E-state index < -0.39 is 0 Å². The van der Waals surface area contributed by atoms with Crippen LogP contribution >= 0.6 is 0 Å². The van der Waals surface area contributed by atoms with Crippen LogP contribution in [0.15, 0.2) is 66.9 Å². The monoisotopic (exact) mass is 344 g/mol.